The lowest BCUT2D eigenvalue weighted by atomic mass is 9.90. The zero-order valence-electron chi connectivity index (χ0n) is 9.67. The molecule has 88 valence electrons. The predicted molar refractivity (Wildman–Crippen MR) is 65.0 cm³/mol. The molecule has 2 atom stereocenters. The summed E-state index contributed by atoms with van der Waals surface area (Å²) in [6.45, 7) is 1.92. The fraction of sp³-hybridized carbons (Fsp3) is 0.538. The second kappa shape index (κ2) is 4.83. The Morgan fingerprint density at radius 2 is 2.06 bits per heavy atom. The van der Waals surface area contributed by atoms with Crippen LogP contribution in [0.5, 0.6) is 0 Å². The molecule has 1 aromatic carbocycles. The molecule has 0 radical (unpaired) electrons. The van der Waals surface area contributed by atoms with Crippen molar-refractivity contribution in [3.8, 4) is 0 Å². The molecule has 0 saturated heterocycles. The second-order valence-corrected chi connectivity index (χ2v) is 4.66. The van der Waals surface area contributed by atoms with Gasteiger partial charge in [-0.25, -0.2) is 4.39 Å². The van der Waals surface area contributed by atoms with Gasteiger partial charge in [0, 0.05) is 17.8 Å². The van der Waals surface area contributed by atoms with E-state index < -0.39 is 0 Å². The van der Waals surface area contributed by atoms with Crippen LogP contribution in [0.3, 0.4) is 0 Å². The van der Waals surface area contributed by atoms with Gasteiger partial charge in [-0.05, 0) is 43.5 Å². The Morgan fingerprint density at radius 3 is 2.75 bits per heavy atom. The van der Waals surface area contributed by atoms with E-state index in [-0.39, 0.29) is 11.9 Å². The van der Waals surface area contributed by atoms with Crippen LogP contribution in [0, 0.1) is 12.7 Å². The molecule has 0 aliphatic heterocycles. The van der Waals surface area contributed by atoms with Crippen LogP contribution in [0.2, 0.25) is 0 Å². The van der Waals surface area contributed by atoms with E-state index in [0.717, 1.165) is 24.1 Å². The van der Waals surface area contributed by atoms with E-state index in [0.29, 0.717) is 6.04 Å². The van der Waals surface area contributed by atoms with E-state index in [1.807, 2.05) is 6.92 Å². The van der Waals surface area contributed by atoms with Gasteiger partial charge < -0.3 is 11.1 Å². The summed E-state index contributed by atoms with van der Waals surface area (Å²) in [5.41, 5.74) is 8.02. The lowest BCUT2D eigenvalue weighted by Crippen LogP contribution is -2.42. The molecule has 1 fully saturated rings. The summed E-state index contributed by atoms with van der Waals surface area (Å²) in [5, 5.41) is 3.43. The molecule has 1 aliphatic carbocycles. The lowest BCUT2D eigenvalue weighted by Gasteiger charge is -2.30. The van der Waals surface area contributed by atoms with Crippen molar-refractivity contribution < 1.29 is 4.39 Å². The number of hydrogen-bond donors (Lipinski definition) is 2. The van der Waals surface area contributed by atoms with Gasteiger partial charge in [-0.2, -0.15) is 0 Å². The Kier molecular flexibility index (Phi) is 3.44. The van der Waals surface area contributed by atoms with E-state index in [9.17, 15) is 4.39 Å². The number of hydrogen-bond acceptors (Lipinski definition) is 2. The molecule has 1 aromatic rings. The third kappa shape index (κ3) is 2.53. The summed E-state index contributed by atoms with van der Waals surface area (Å²) < 4.78 is 13.0. The van der Waals surface area contributed by atoms with Crippen LogP contribution < -0.4 is 11.1 Å². The van der Waals surface area contributed by atoms with Gasteiger partial charge in [0.2, 0.25) is 0 Å². The minimum absolute atomic E-state index is 0.184. The van der Waals surface area contributed by atoms with E-state index >= 15 is 0 Å². The molecule has 16 heavy (non-hydrogen) atoms. The molecular formula is C13H19FN2. The maximum atomic E-state index is 13.0. The van der Waals surface area contributed by atoms with Crippen LogP contribution in [-0.4, -0.2) is 12.1 Å². The summed E-state index contributed by atoms with van der Waals surface area (Å²) >= 11 is 0. The maximum absolute atomic E-state index is 13.0. The fourth-order valence-corrected chi connectivity index (χ4v) is 2.33. The van der Waals surface area contributed by atoms with Crippen LogP contribution in [-0.2, 0) is 0 Å². The maximum Gasteiger partial charge on any atom is 0.123 e. The first kappa shape index (κ1) is 11.4. The van der Waals surface area contributed by atoms with Crippen molar-refractivity contribution in [1.29, 1.82) is 0 Å². The number of nitrogens with one attached hydrogen (secondary N) is 1. The molecule has 0 bridgehead atoms. The van der Waals surface area contributed by atoms with Crippen molar-refractivity contribution in [3.05, 3.63) is 29.6 Å². The molecule has 1 saturated carbocycles. The molecule has 0 heterocycles. The van der Waals surface area contributed by atoms with Gasteiger partial charge in [0.1, 0.15) is 5.82 Å². The highest BCUT2D eigenvalue weighted by Crippen LogP contribution is 2.23. The molecule has 0 unspecified atom stereocenters. The summed E-state index contributed by atoms with van der Waals surface area (Å²) in [6, 6.07) is 5.39. The Bertz CT molecular complexity index is 365. The quantitative estimate of drug-likeness (QED) is 0.807. The van der Waals surface area contributed by atoms with Crippen LogP contribution in [0.25, 0.3) is 0 Å². The monoisotopic (exact) mass is 222 g/mol. The minimum Gasteiger partial charge on any atom is -0.381 e. The molecule has 2 rings (SSSR count). The highest BCUT2D eigenvalue weighted by atomic mass is 19.1. The molecule has 1 aliphatic rings. The first-order chi connectivity index (χ1) is 7.66. The zero-order chi connectivity index (χ0) is 11.5. The first-order valence-corrected chi connectivity index (χ1v) is 5.95. The van der Waals surface area contributed by atoms with Crippen LogP contribution in [0.4, 0.5) is 10.1 Å². The van der Waals surface area contributed by atoms with E-state index in [1.54, 1.807) is 12.1 Å². The van der Waals surface area contributed by atoms with Crippen molar-refractivity contribution >= 4 is 5.69 Å². The highest BCUT2D eigenvalue weighted by molar-refractivity contribution is 5.51. The summed E-state index contributed by atoms with van der Waals surface area (Å²) in [5.74, 6) is -0.184. The number of anilines is 1. The third-order valence-corrected chi connectivity index (χ3v) is 3.35. The zero-order valence-corrected chi connectivity index (χ0v) is 9.67. The predicted octanol–water partition coefficient (Wildman–Crippen LogP) is 2.82. The van der Waals surface area contributed by atoms with Crippen molar-refractivity contribution in [1.82, 2.24) is 0 Å². The highest BCUT2D eigenvalue weighted by Gasteiger charge is 2.21. The normalized spacial score (nSPS) is 25.4. The Balaban J connectivity index is 2.07. The SMILES string of the molecule is Cc1cc(F)ccc1N[C@H]1CCCC[C@@H]1N. The third-order valence-electron chi connectivity index (χ3n) is 3.35. The molecule has 2 nitrogen and oxygen atoms in total. The fourth-order valence-electron chi connectivity index (χ4n) is 2.33. The van der Waals surface area contributed by atoms with Crippen molar-refractivity contribution in [2.45, 2.75) is 44.7 Å². The van der Waals surface area contributed by atoms with Gasteiger partial charge in [0.05, 0.1) is 0 Å². The van der Waals surface area contributed by atoms with Gasteiger partial charge in [-0.1, -0.05) is 12.8 Å². The van der Waals surface area contributed by atoms with Crippen molar-refractivity contribution in [3.63, 3.8) is 0 Å². The topological polar surface area (TPSA) is 38.0 Å². The number of benzene rings is 1. The largest absolute Gasteiger partial charge is 0.381 e. The number of halogens is 1. The van der Waals surface area contributed by atoms with E-state index in [4.69, 9.17) is 5.73 Å². The average molecular weight is 222 g/mol. The second-order valence-electron chi connectivity index (χ2n) is 4.66. The summed E-state index contributed by atoms with van der Waals surface area (Å²) in [7, 11) is 0. The molecule has 0 spiro atoms. The Hall–Kier alpha value is -1.09. The molecule has 3 heteroatoms. The van der Waals surface area contributed by atoms with Gasteiger partial charge in [0.15, 0.2) is 0 Å². The standard InChI is InChI=1S/C13H19FN2/c1-9-8-10(14)6-7-12(9)16-13-5-3-2-4-11(13)15/h6-8,11,13,16H,2-5,15H2,1H3/t11-,13-/m0/s1. The number of nitrogens with two attached hydrogens (primary N) is 1. The molecule has 0 aromatic heterocycles. The Morgan fingerprint density at radius 1 is 1.31 bits per heavy atom. The van der Waals surface area contributed by atoms with Crippen molar-refractivity contribution in [2.75, 3.05) is 5.32 Å². The van der Waals surface area contributed by atoms with Crippen molar-refractivity contribution in [2.24, 2.45) is 5.73 Å². The summed E-state index contributed by atoms with van der Waals surface area (Å²) in [6.07, 6.45) is 4.64. The van der Waals surface area contributed by atoms with Crippen LogP contribution >= 0.6 is 0 Å². The molecular weight excluding hydrogens is 203 g/mol. The van der Waals surface area contributed by atoms with Gasteiger partial charge in [-0.15, -0.1) is 0 Å². The average Bonchev–Trinajstić information content (AvgIpc) is 2.25. The summed E-state index contributed by atoms with van der Waals surface area (Å²) in [4.78, 5) is 0. The van der Waals surface area contributed by atoms with E-state index in [2.05, 4.69) is 5.32 Å². The van der Waals surface area contributed by atoms with Crippen LogP contribution in [0.1, 0.15) is 31.2 Å². The first-order valence-electron chi connectivity index (χ1n) is 5.95. The number of aryl methyl sites for hydroxylation is 1. The molecule has 0 amide bonds. The van der Waals surface area contributed by atoms with Gasteiger partial charge in [0.25, 0.3) is 0 Å². The molecule has 3 N–H and O–H groups in total. The van der Waals surface area contributed by atoms with Crippen LogP contribution in [0.15, 0.2) is 18.2 Å². The lowest BCUT2D eigenvalue weighted by molar-refractivity contribution is 0.404. The Labute approximate surface area is 96.0 Å². The minimum atomic E-state index is -0.184. The van der Waals surface area contributed by atoms with E-state index in [1.165, 1.54) is 18.9 Å². The smallest absolute Gasteiger partial charge is 0.123 e. The number of rotatable bonds is 2. The van der Waals surface area contributed by atoms with Gasteiger partial charge in [-0.3, -0.25) is 0 Å². The van der Waals surface area contributed by atoms with Gasteiger partial charge >= 0.3 is 0 Å².